The number of halogens is 3. The lowest BCUT2D eigenvalue weighted by Gasteiger charge is -2.27. The maximum Gasteiger partial charge on any atom is 0.251 e. The number of carbonyl (C=O) groups is 6. The normalized spacial score (nSPS) is 21.2. The second-order valence-corrected chi connectivity index (χ2v) is 18.0. The minimum Gasteiger partial charge on any atom is -0.368 e. The molecule has 4 aromatic carbocycles. The first-order valence-corrected chi connectivity index (χ1v) is 22.2. The summed E-state index contributed by atoms with van der Waals surface area (Å²) in [6.45, 7) is 4.69. The van der Waals surface area contributed by atoms with E-state index in [9.17, 15) is 28.8 Å². The summed E-state index contributed by atoms with van der Waals surface area (Å²) in [7, 11) is 0. The molecule has 0 aliphatic carbocycles. The number of carbonyl (C=O) groups excluding carboxylic acids is 6. The molecule has 6 unspecified atom stereocenters. The summed E-state index contributed by atoms with van der Waals surface area (Å²) >= 11 is 10.2. The van der Waals surface area contributed by atoms with Crippen LogP contribution in [0.25, 0.3) is 6.08 Å². The van der Waals surface area contributed by atoms with Crippen molar-refractivity contribution in [2.75, 3.05) is 26.3 Å². The van der Waals surface area contributed by atoms with Gasteiger partial charge in [0.2, 0.25) is 11.8 Å². The highest BCUT2D eigenvalue weighted by Gasteiger charge is 2.49. The van der Waals surface area contributed by atoms with Gasteiger partial charge < -0.3 is 29.9 Å². The van der Waals surface area contributed by atoms with Crippen LogP contribution in [0.2, 0.25) is 0 Å². The average molecular weight is 1020 g/mol. The van der Waals surface area contributed by atoms with Crippen molar-refractivity contribution in [3.05, 3.63) is 145 Å². The lowest BCUT2D eigenvalue weighted by Crippen LogP contribution is -2.53. The SMILES string of the molecule is C=Cc1ccc(C(=O)NC(Cc2ccc(Br)cc2)C(=O)N2CCC3OCC(=O)C32)cc1.O=C(NC(Cc1ccc(Br)cc1)C(=O)N1CCC2OCC(=O)C21)c1cccc(Br)c1. The Labute approximate surface area is 378 Å². The predicted molar refractivity (Wildman–Crippen MR) is 239 cm³/mol. The summed E-state index contributed by atoms with van der Waals surface area (Å²) in [4.78, 5) is 80.3. The van der Waals surface area contributed by atoms with E-state index in [2.05, 4.69) is 65.0 Å². The molecule has 15 heteroatoms. The first kappa shape index (κ1) is 44.3. The molecule has 4 amide bonds. The zero-order valence-electron chi connectivity index (χ0n) is 32.9. The van der Waals surface area contributed by atoms with Crippen LogP contribution in [0.5, 0.6) is 0 Å². The summed E-state index contributed by atoms with van der Waals surface area (Å²) in [5, 5.41) is 5.77. The fraction of sp³-hybridized carbons (Fsp3) is 0.304. The number of fused-ring (bicyclic) bond motifs is 2. The number of nitrogens with zero attached hydrogens (tertiary/aromatic N) is 2. The molecule has 4 aliphatic rings. The Bertz CT molecular complexity index is 2310. The third-order valence-electron chi connectivity index (χ3n) is 11.2. The Hall–Kier alpha value is -4.80. The van der Waals surface area contributed by atoms with E-state index in [4.69, 9.17) is 9.47 Å². The Morgan fingerprint density at radius 2 is 1.10 bits per heavy atom. The highest BCUT2D eigenvalue weighted by molar-refractivity contribution is 9.11. The lowest BCUT2D eigenvalue weighted by molar-refractivity contribution is -0.138. The summed E-state index contributed by atoms with van der Waals surface area (Å²) < 4.78 is 13.7. The van der Waals surface area contributed by atoms with Crippen LogP contribution in [-0.4, -0.2) is 108 Å². The highest BCUT2D eigenvalue weighted by atomic mass is 79.9. The van der Waals surface area contributed by atoms with Gasteiger partial charge in [-0.1, -0.05) is 103 Å². The Balaban J connectivity index is 0.000000184. The van der Waals surface area contributed by atoms with E-state index in [1.54, 1.807) is 58.3 Å². The standard InChI is InChI=1S/C24H23BrN2O4.C22H20Br2N2O4/c1-2-15-3-7-17(8-4-15)23(29)26-19(13-16-5-9-18(25)10-6-16)24(30)27-12-11-21-22(27)20(28)14-31-21;23-15-6-4-13(5-7-15)10-17(25-21(28)14-2-1-3-16(24)11-14)22(29)26-9-8-19-20(26)18(27)12-30-19/h2-10,19,21-22H,1,11-14H2,(H,26,29);1-7,11,17,19-20H,8-10,12H2,(H,25,28). The van der Waals surface area contributed by atoms with E-state index in [0.717, 1.165) is 30.1 Å². The molecule has 0 bridgehead atoms. The topological polar surface area (TPSA) is 151 Å². The monoisotopic (exact) mass is 1020 g/mol. The van der Waals surface area contributed by atoms with E-state index >= 15 is 0 Å². The van der Waals surface area contributed by atoms with Gasteiger partial charge in [0.15, 0.2) is 11.6 Å². The molecule has 12 nitrogen and oxygen atoms in total. The van der Waals surface area contributed by atoms with Gasteiger partial charge >= 0.3 is 0 Å². The van der Waals surface area contributed by atoms with E-state index in [1.165, 1.54) is 0 Å². The van der Waals surface area contributed by atoms with Gasteiger partial charge in [0.05, 0.1) is 12.2 Å². The van der Waals surface area contributed by atoms with Gasteiger partial charge in [-0.25, -0.2) is 0 Å². The zero-order valence-corrected chi connectivity index (χ0v) is 37.7. The zero-order chi connectivity index (χ0) is 43.2. The van der Waals surface area contributed by atoms with Crippen molar-refractivity contribution in [1.82, 2.24) is 20.4 Å². The van der Waals surface area contributed by atoms with Crippen molar-refractivity contribution < 1.29 is 38.2 Å². The molecule has 0 spiro atoms. The van der Waals surface area contributed by atoms with Crippen molar-refractivity contribution in [1.29, 1.82) is 0 Å². The predicted octanol–water partition coefficient (Wildman–Crippen LogP) is 6.12. The molecule has 316 valence electrons. The smallest absolute Gasteiger partial charge is 0.251 e. The quantitative estimate of drug-likeness (QED) is 0.183. The van der Waals surface area contributed by atoms with Crippen LogP contribution in [0.4, 0.5) is 0 Å². The number of amides is 4. The van der Waals surface area contributed by atoms with Crippen LogP contribution in [0.3, 0.4) is 0 Å². The van der Waals surface area contributed by atoms with E-state index in [1.807, 2.05) is 54.6 Å². The van der Waals surface area contributed by atoms with Crippen LogP contribution >= 0.6 is 47.8 Å². The number of hydrogen-bond donors (Lipinski definition) is 2. The highest BCUT2D eigenvalue weighted by Crippen LogP contribution is 2.30. The van der Waals surface area contributed by atoms with Crippen LogP contribution in [0.15, 0.2) is 117 Å². The third-order valence-corrected chi connectivity index (χ3v) is 12.7. The van der Waals surface area contributed by atoms with E-state index in [-0.39, 0.29) is 60.6 Å². The van der Waals surface area contributed by atoms with E-state index < -0.39 is 24.2 Å². The van der Waals surface area contributed by atoms with Gasteiger partial charge in [0.25, 0.3) is 11.8 Å². The largest absolute Gasteiger partial charge is 0.368 e. The van der Waals surface area contributed by atoms with Crippen molar-refractivity contribution in [2.24, 2.45) is 0 Å². The van der Waals surface area contributed by atoms with Crippen LogP contribution in [-0.2, 0) is 41.5 Å². The Morgan fingerprint density at radius 3 is 1.54 bits per heavy atom. The fourth-order valence-electron chi connectivity index (χ4n) is 8.08. The number of hydrogen-bond acceptors (Lipinski definition) is 8. The number of rotatable bonds is 11. The van der Waals surface area contributed by atoms with Gasteiger partial charge in [-0.05, 0) is 84.1 Å². The second kappa shape index (κ2) is 19.9. The second-order valence-electron chi connectivity index (χ2n) is 15.2. The van der Waals surface area contributed by atoms with Crippen molar-refractivity contribution in [2.45, 2.75) is 62.1 Å². The molecule has 8 rings (SSSR count). The summed E-state index contributed by atoms with van der Waals surface area (Å²) in [5.74, 6) is -1.35. The number of ether oxygens (including phenoxy) is 2. The summed E-state index contributed by atoms with van der Waals surface area (Å²) in [6.07, 6.45) is 3.13. The maximum absolute atomic E-state index is 13.5. The minimum atomic E-state index is -0.792. The summed E-state index contributed by atoms with van der Waals surface area (Å²) in [6, 6.07) is 26.5. The Kier molecular flexibility index (Phi) is 14.5. The van der Waals surface area contributed by atoms with Crippen molar-refractivity contribution >= 4 is 89.1 Å². The molecule has 0 aromatic heterocycles. The van der Waals surface area contributed by atoms with Gasteiger partial charge in [-0.15, -0.1) is 0 Å². The van der Waals surface area contributed by atoms with Crippen LogP contribution in [0, 0.1) is 0 Å². The van der Waals surface area contributed by atoms with Gasteiger partial charge in [0.1, 0.15) is 37.4 Å². The molecule has 4 saturated heterocycles. The molecule has 4 aliphatic heterocycles. The molecule has 61 heavy (non-hydrogen) atoms. The van der Waals surface area contributed by atoms with Crippen molar-refractivity contribution in [3.8, 4) is 0 Å². The molecule has 2 N–H and O–H groups in total. The fourth-order valence-corrected chi connectivity index (χ4v) is 9.01. The maximum atomic E-state index is 13.5. The van der Waals surface area contributed by atoms with Gasteiger partial charge in [0, 0.05) is 50.5 Å². The number of likely N-dealkylation sites (tertiary alicyclic amines) is 2. The third kappa shape index (κ3) is 10.6. The molecule has 4 aromatic rings. The molecular weight excluding hydrogens is 976 g/mol. The van der Waals surface area contributed by atoms with Gasteiger partial charge in [-0.2, -0.15) is 0 Å². The number of nitrogens with one attached hydrogen (secondary N) is 2. The molecule has 6 atom stereocenters. The van der Waals surface area contributed by atoms with Crippen LogP contribution in [0.1, 0.15) is 50.2 Å². The molecular formula is C46H43Br3N4O8. The molecule has 4 fully saturated rings. The first-order chi connectivity index (χ1) is 29.4. The van der Waals surface area contributed by atoms with E-state index in [0.29, 0.717) is 49.9 Å². The molecule has 0 radical (unpaired) electrons. The number of Topliss-reactive ketones (excluding diaryl/α,β-unsaturated/α-hetero) is 2. The first-order valence-electron chi connectivity index (χ1n) is 19.9. The molecule has 4 heterocycles. The molecule has 0 saturated carbocycles. The Morgan fingerprint density at radius 1 is 0.639 bits per heavy atom. The van der Waals surface area contributed by atoms with Crippen molar-refractivity contribution in [3.63, 3.8) is 0 Å². The van der Waals surface area contributed by atoms with Crippen LogP contribution < -0.4 is 10.6 Å². The minimum absolute atomic E-state index is 0.0402. The lowest BCUT2D eigenvalue weighted by atomic mass is 10.0. The van der Waals surface area contributed by atoms with Gasteiger partial charge in [-0.3, -0.25) is 28.8 Å². The number of ketones is 2. The average Bonchev–Trinajstić information content (AvgIpc) is 4.06. The summed E-state index contributed by atoms with van der Waals surface area (Å²) in [5.41, 5.74) is 3.64. The number of benzene rings is 4.